The Balaban J connectivity index is 1.93. The number of benzene rings is 1. The van der Waals surface area contributed by atoms with Gasteiger partial charge in [-0.05, 0) is 35.6 Å². The maximum atomic E-state index is 11.2. The van der Waals surface area contributed by atoms with Gasteiger partial charge in [0.05, 0.1) is 10.3 Å². The van der Waals surface area contributed by atoms with Gasteiger partial charge in [0.15, 0.2) is 5.75 Å². The number of aromatic nitrogens is 1. The molecule has 0 aliphatic carbocycles. The van der Waals surface area contributed by atoms with Crippen molar-refractivity contribution in [3.63, 3.8) is 0 Å². The second-order valence-corrected chi connectivity index (χ2v) is 6.52. The highest BCUT2D eigenvalue weighted by Crippen LogP contribution is 2.35. The smallest absolute Gasteiger partial charge is 0.439 e. The largest absolute Gasteiger partial charge is 0.506 e. The van der Waals surface area contributed by atoms with Crippen LogP contribution >= 0.6 is 27.3 Å². The molecule has 3 aromatic rings. The van der Waals surface area contributed by atoms with Gasteiger partial charge in [-0.2, -0.15) is 4.99 Å². The van der Waals surface area contributed by atoms with Gasteiger partial charge in [0.2, 0.25) is 0 Å². The fourth-order valence-corrected chi connectivity index (χ4v) is 3.67. The van der Waals surface area contributed by atoms with Crippen LogP contribution in [0.25, 0.3) is 16.3 Å². The number of halogens is 1. The number of hydrogen-bond donors (Lipinski definition) is 1. The van der Waals surface area contributed by atoms with Gasteiger partial charge in [0.25, 0.3) is 0 Å². The number of amides is 1. The van der Waals surface area contributed by atoms with Gasteiger partial charge in [0.1, 0.15) is 15.9 Å². The average molecular weight is 375 g/mol. The maximum absolute atomic E-state index is 11.2. The predicted molar refractivity (Wildman–Crippen MR) is 85.8 cm³/mol. The van der Waals surface area contributed by atoms with Crippen LogP contribution in [-0.4, -0.2) is 16.2 Å². The first-order valence-corrected chi connectivity index (χ1v) is 7.91. The third kappa shape index (κ3) is 2.10. The highest BCUT2D eigenvalue weighted by atomic mass is 79.9. The maximum Gasteiger partial charge on any atom is 0.439 e. The first-order valence-electron chi connectivity index (χ1n) is 6.30. The standard InChI is InChI=1S/C15H7BrN2O3S/c16-9-6-10-11(21-15(20)18-10)4-7(9)5-12-13(19)8-2-1-3-17-14(8)22-12/h1-6,19H/b7-5+. The van der Waals surface area contributed by atoms with Crippen molar-refractivity contribution in [2.45, 2.75) is 0 Å². The molecule has 0 atom stereocenters. The zero-order valence-corrected chi connectivity index (χ0v) is 13.3. The van der Waals surface area contributed by atoms with Crippen molar-refractivity contribution < 1.29 is 14.6 Å². The molecule has 1 aliphatic heterocycles. The van der Waals surface area contributed by atoms with Crippen LogP contribution in [0.1, 0.15) is 4.88 Å². The molecule has 4 rings (SSSR count). The van der Waals surface area contributed by atoms with E-state index in [1.54, 1.807) is 24.4 Å². The van der Waals surface area contributed by atoms with E-state index in [2.05, 4.69) is 25.9 Å². The molecule has 0 saturated carbocycles. The Kier molecular flexibility index (Phi) is 2.98. The minimum Gasteiger partial charge on any atom is -0.506 e. The van der Waals surface area contributed by atoms with Crippen molar-refractivity contribution in [1.82, 2.24) is 4.98 Å². The summed E-state index contributed by atoms with van der Waals surface area (Å²) in [6, 6.07) is 7.04. The van der Waals surface area contributed by atoms with E-state index >= 15 is 0 Å². The topological polar surface area (TPSA) is 71.8 Å². The Morgan fingerprint density at radius 3 is 3.05 bits per heavy atom. The first kappa shape index (κ1) is 13.4. The molecule has 1 amide bonds. The van der Waals surface area contributed by atoms with Crippen molar-refractivity contribution >= 4 is 49.7 Å². The second kappa shape index (κ2) is 4.89. The fraction of sp³-hybridized carbons (Fsp3) is 0. The van der Waals surface area contributed by atoms with E-state index in [-0.39, 0.29) is 5.75 Å². The molecule has 7 heteroatoms. The number of nitrogens with zero attached hydrogens (tertiary/aromatic N) is 2. The molecule has 0 spiro atoms. The van der Waals surface area contributed by atoms with Crippen molar-refractivity contribution in [2.75, 3.05) is 0 Å². The van der Waals surface area contributed by atoms with Gasteiger partial charge >= 0.3 is 6.09 Å². The summed E-state index contributed by atoms with van der Waals surface area (Å²) in [4.78, 5) is 20.6. The number of fused-ring (bicyclic) bond motifs is 2. The van der Waals surface area contributed by atoms with Crippen molar-refractivity contribution in [2.24, 2.45) is 4.99 Å². The summed E-state index contributed by atoms with van der Waals surface area (Å²) in [5.41, 5.74) is 0. The summed E-state index contributed by atoms with van der Waals surface area (Å²) in [6.07, 6.45) is 2.89. The lowest BCUT2D eigenvalue weighted by molar-refractivity contribution is 0.215. The van der Waals surface area contributed by atoms with Gasteiger partial charge in [-0.1, -0.05) is 15.9 Å². The highest BCUT2D eigenvalue weighted by molar-refractivity contribution is 9.10. The van der Waals surface area contributed by atoms with Crippen LogP contribution in [0.4, 0.5) is 4.79 Å². The SMILES string of the molecule is O=C1N=c2cc(Br)/c(=C/c3sc4ncccc4c3O)cc2O1. The van der Waals surface area contributed by atoms with Crippen molar-refractivity contribution in [3.8, 4) is 11.5 Å². The summed E-state index contributed by atoms with van der Waals surface area (Å²) < 4.78 is 5.77. The first-order chi connectivity index (χ1) is 10.6. The number of rotatable bonds is 1. The van der Waals surface area contributed by atoms with Gasteiger partial charge in [0, 0.05) is 10.7 Å². The Morgan fingerprint density at radius 2 is 2.23 bits per heavy atom. The Morgan fingerprint density at radius 1 is 1.36 bits per heavy atom. The van der Waals surface area contributed by atoms with Crippen LogP contribution in [0.2, 0.25) is 0 Å². The van der Waals surface area contributed by atoms with E-state index in [1.165, 1.54) is 11.3 Å². The van der Waals surface area contributed by atoms with E-state index < -0.39 is 6.09 Å². The molecule has 108 valence electrons. The molecule has 2 aromatic heterocycles. The molecule has 0 unspecified atom stereocenters. The van der Waals surface area contributed by atoms with E-state index in [9.17, 15) is 9.90 Å². The van der Waals surface area contributed by atoms with Crippen LogP contribution < -0.4 is 15.3 Å². The molecule has 1 aliphatic rings. The van der Waals surface area contributed by atoms with E-state index in [4.69, 9.17) is 4.74 Å². The molecule has 0 radical (unpaired) electrons. The van der Waals surface area contributed by atoms with Crippen LogP contribution in [0.5, 0.6) is 11.5 Å². The predicted octanol–water partition coefficient (Wildman–Crippen LogP) is 2.73. The molecule has 1 N–H and O–H groups in total. The number of carbonyl (C=O) groups is 1. The van der Waals surface area contributed by atoms with Gasteiger partial charge in [-0.25, -0.2) is 9.78 Å². The zero-order valence-electron chi connectivity index (χ0n) is 10.9. The van der Waals surface area contributed by atoms with E-state index in [0.717, 1.165) is 19.9 Å². The summed E-state index contributed by atoms with van der Waals surface area (Å²) in [5, 5.41) is 12.3. The average Bonchev–Trinajstić information content (AvgIpc) is 3.00. The lowest BCUT2D eigenvalue weighted by atomic mass is 10.2. The molecule has 0 bridgehead atoms. The van der Waals surface area contributed by atoms with E-state index in [1.807, 2.05) is 12.1 Å². The molecule has 3 heterocycles. The van der Waals surface area contributed by atoms with Gasteiger partial charge in [-0.3, -0.25) is 0 Å². The third-order valence-corrected chi connectivity index (χ3v) is 4.98. The third-order valence-electron chi connectivity index (χ3n) is 3.24. The van der Waals surface area contributed by atoms with Gasteiger partial charge < -0.3 is 9.84 Å². The number of pyridine rings is 1. The van der Waals surface area contributed by atoms with Crippen LogP contribution in [0, 0.1) is 0 Å². The minimum atomic E-state index is -0.618. The molecule has 1 aromatic carbocycles. The zero-order chi connectivity index (χ0) is 15.3. The minimum absolute atomic E-state index is 0.196. The fourth-order valence-electron chi connectivity index (χ4n) is 2.23. The number of thiophene rings is 1. The van der Waals surface area contributed by atoms with Crippen LogP contribution in [0.3, 0.4) is 0 Å². The molecule has 22 heavy (non-hydrogen) atoms. The Bertz CT molecular complexity index is 1060. The number of aromatic hydroxyl groups is 1. The molecule has 5 nitrogen and oxygen atoms in total. The normalized spacial score (nSPS) is 14.0. The number of ether oxygens (including phenoxy) is 1. The Hall–Kier alpha value is -2.25. The van der Waals surface area contributed by atoms with E-state index in [0.29, 0.717) is 16.0 Å². The second-order valence-electron chi connectivity index (χ2n) is 4.64. The molecule has 0 saturated heterocycles. The molecular formula is C15H7BrN2O3S. The highest BCUT2D eigenvalue weighted by Gasteiger charge is 2.15. The van der Waals surface area contributed by atoms with Crippen LogP contribution in [0.15, 0.2) is 39.9 Å². The van der Waals surface area contributed by atoms with Crippen molar-refractivity contribution in [1.29, 1.82) is 0 Å². The lowest BCUT2D eigenvalue weighted by Crippen LogP contribution is -2.10. The number of hydrogen-bond acceptors (Lipinski definition) is 5. The van der Waals surface area contributed by atoms with Crippen LogP contribution in [-0.2, 0) is 0 Å². The van der Waals surface area contributed by atoms with Gasteiger partial charge in [-0.15, -0.1) is 11.3 Å². The lowest BCUT2D eigenvalue weighted by Gasteiger charge is -1.97. The van der Waals surface area contributed by atoms with Crippen molar-refractivity contribution in [3.05, 3.63) is 50.4 Å². The summed E-state index contributed by atoms with van der Waals surface area (Å²) in [5.74, 6) is 0.611. The summed E-state index contributed by atoms with van der Waals surface area (Å²) >= 11 is 4.84. The molecule has 0 fully saturated rings. The summed E-state index contributed by atoms with van der Waals surface area (Å²) in [7, 11) is 0. The number of carbonyl (C=O) groups excluding carboxylic acids is 1. The quantitative estimate of drug-likeness (QED) is 0.710. The Labute approximate surface area is 136 Å². The monoisotopic (exact) mass is 374 g/mol. The molecular weight excluding hydrogens is 368 g/mol. The summed E-state index contributed by atoms with van der Waals surface area (Å²) in [6.45, 7) is 0.